The average molecular weight is 445 g/mol. The van der Waals surface area contributed by atoms with Gasteiger partial charge in [-0.05, 0) is 43.0 Å². The predicted molar refractivity (Wildman–Crippen MR) is 108 cm³/mol. The molecule has 0 saturated carbocycles. The molecule has 31 heavy (non-hydrogen) atoms. The van der Waals surface area contributed by atoms with Gasteiger partial charge in [-0.2, -0.15) is 8.78 Å². The van der Waals surface area contributed by atoms with Crippen LogP contribution < -0.4 is 15.5 Å². The Morgan fingerprint density at radius 1 is 1.23 bits per heavy atom. The molecule has 1 aliphatic heterocycles. The fraction of sp³-hybridized carbons (Fsp3) is 0.579. The molecule has 8 nitrogen and oxygen atoms in total. The van der Waals surface area contributed by atoms with Gasteiger partial charge in [0.15, 0.2) is 0 Å². The maximum atomic E-state index is 13.1. The predicted octanol–water partition coefficient (Wildman–Crippen LogP) is 0.671. The summed E-state index contributed by atoms with van der Waals surface area (Å²) < 4.78 is 42.4. The van der Waals surface area contributed by atoms with Crippen LogP contribution in [0.3, 0.4) is 0 Å². The van der Waals surface area contributed by atoms with Gasteiger partial charge < -0.3 is 30.3 Å². The first kappa shape index (κ1) is 25.0. The molecular weight excluding hydrogens is 418 g/mol. The molecule has 1 heterocycles. The summed E-state index contributed by atoms with van der Waals surface area (Å²) in [5.41, 5.74) is 0.609. The summed E-state index contributed by atoms with van der Waals surface area (Å²) >= 11 is 0. The molecule has 1 fully saturated rings. The van der Waals surface area contributed by atoms with Crippen molar-refractivity contribution in [3.05, 3.63) is 30.1 Å². The molecule has 0 unspecified atom stereocenters. The number of alkyl halides is 2. The van der Waals surface area contributed by atoms with Gasteiger partial charge in [0.2, 0.25) is 11.8 Å². The van der Waals surface area contributed by atoms with E-state index in [1.807, 2.05) is 0 Å². The summed E-state index contributed by atoms with van der Waals surface area (Å²) in [6, 6.07) is 3.40. The summed E-state index contributed by atoms with van der Waals surface area (Å²) in [5.74, 6) is -2.92. The Hall–Kier alpha value is -2.31. The van der Waals surface area contributed by atoms with Crippen molar-refractivity contribution in [2.45, 2.75) is 51.3 Å². The van der Waals surface area contributed by atoms with Gasteiger partial charge in [-0.15, -0.1) is 0 Å². The van der Waals surface area contributed by atoms with Crippen LogP contribution >= 0.6 is 0 Å². The molecule has 4 N–H and O–H groups in total. The first-order valence-corrected chi connectivity index (χ1v) is 9.97. The minimum Gasteiger partial charge on any atom is -0.426 e. The van der Waals surface area contributed by atoms with E-state index >= 15 is 0 Å². The largest absolute Gasteiger partial charge is 0.475 e. The number of nitrogens with one attached hydrogen (secondary N) is 2. The van der Waals surface area contributed by atoms with Gasteiger partial charge >= 0.3 is 13.7 Å². The lowest BCUT2D eigenvalue weighted by Crippen LogP contribution is -2.61. The number of anilines is 1. The average Bonchev–Trinajstić information content (AvgIpc) is 2.64. The minimum atomic E-state index is -3.15. The highest BCUT2D eigenvalue weighted by Gasteiger charge is 2.37. The van der Waals surface area contributed by atoms with Gasteiger partial charge in [0.05, 0.1) is 12.5 Å². The molecule has 0 bridgehead atoms. The normalized spacial score (nSPS) is 17.8. The van der Waals surface area contributed by atoms with E-state index in [2.05, 4.69) is 15.4 Å². The summed E-state index contributed by atoms with van der Waals surface area (Å²) in [6.45, 7) is 0.194. The van der Waals surface area contributed by atoms with Crippen molar-refractivity contribution in [1.82, 2.24) is 10.6 Å². The van der Waals surface area contributed by atoms with Crippen molar-refractivity contribution in [1.29, 1.82) is 0 Å². The lowest BCUT2D eigenvalue weighted by Gasteiger charge is -2.42. The van der Waals surface area contributed by atoms with Gasteiger partial charge in [-0.1, -0.05) is 13.8 Å². The Bertz CT molecular complexity index is 739. The molecule has 2 rings (SSSR count). The zero-order valence-corrected chi connectivity index (χ0v) is 17.3. The van der Waals surface area contributed by atoms with Crippen LogP contribution in [0.25, 0.3) is 0 Å². The number of ether oxygens (including phenoxy) is 1. The van der Waals surface area contributed by atoms with Crippen LogP contribution in [0.2, 0.25) is 0 Å². The quantitative estimate of drug-likeness (QED) is 0.373. The second kappa shape index (κ2) is 11.4. The first-order valence-electron chi connectivity index (χ1n) is 9.97. The standard InChI is InChI=1S/C19H27BF3N3O5/c1-11(2)9-16(20(29)30)25-17(27)14(10-31-19(22)23)24-18(28)15-7-8-26(15)13-5-3-12(21)4-6-13/h3-6,11,14-16,19,29-30H,7-10H2,1-2H3,(H,24,28)(H,25,27)/t14-,15-,16+/m0/s1. The monoisotopic (exact) mass is 445 g/mol. The third-order valence-electron chi connectivity index (χ3n) is 4.92. The summed E-state index contributed by atoms with van der Waals surface area (Å²) in [6.07, 6.45) is 0.680. The Morgan fingerprint density at radius 2 is 1.87 bits per heavy atom. The molecule has 1 aromatic rings. The van der Waals surface area contributed by atoms with Crippen molar-refractivity contribution in [2.75, 3.05) is 18.1 Å². The van der Waals surface area contributed by atoms with Crippen LogP contribution in [0.4, 0.5) is 18.9 Å². The van der Waals surface area contributed by atoms with E-state index in [4.69, 9.17) is 0 Å². The molecule has 0 radical (unpaired) electrons. The highest BCUT2D eigenvalue weighted by atomic mass is 19.3. The number of carbonyl (C=O) groups is 2. The summed E-state index contributed by atoms with van der Waals surface area (Å²) in [7, 11) is -1.86. The molecule has 172 valence electrons. The number of halogens is 3. The fourth-order valence-electron chi connectivity index (χ4n) is 3.27. The molecule has 12 heteroatoms. The third-order valence-corrected chi connectivity index (χ3v) is 4.92. The van der Waals surface area contributed by atoms with E-state index in [1.165, 1.54) is 24.3 Å². The maximum Gasteiger partial charge on any atom is 0.475 e. The van der Waals surface area contributed by atoms with Crippen LogP contribution in [0.5, 0.6) is 0 Å². The third kappa shape index (κ3) is 7.40. The topological polar surface area (TPSA) is 111 Å². The first-order chi connectivity index (χ1) is 14.6. The fourth-order valence-corrected chi connectivity index (χ4v) is 3.27. The van der Waals surface area contributed by atoms with Gasteiger partial charge in [0.25, 0.3) is 0 Å². The molecular formula is C19H27BF3N3O5. The van der Waals surface area contributed by atoms with E-state index in [0.717, 1.165) is 0 Å². The number of rotatable bonds is 11. The lowest BCUT2D eigenvalue weighted by molar-refractivity contribution is -0.147. The Morgan fingerprint density at radius 3 is 2.35 bits per heavy atom. The van der Waals surface area contributed by atoms with Crippen molar-refractivity contribution >= 4 is 24.6 Å². The van der Waals surface area contributed by atoms with Gasteiger partial charge in [-0.25, -0.2) is 4.39 Å². The molecule has 0 aromatic heterocycles. The molecule has 1 saturated heterocycles. The molecule has 1 aromatic carbocycles. The smallest absolute Gasteiger partial charge is 0.426 e. The lowest BCUT2D eigenvalue weighted by atomic mass is 9.75. The second-order valence-corrected chi connectivity index (χ2v) is 7.79. The van der Waals surface area contributed by atoms with Crippen molar-refractivity contribution in [2.24, 2.45) is 5.92 Å². The van der Waals surface area contributed by atoms with Crippen LogP contribution in [0.1, 0.15) is 26.7 Å². The van der Waals surface area contributed by atoms with Crippen molar-refractivity contribution in [3.8, 4) is 0 Å². The summed E-state index contributed by atoms with van der Waals surface area (Å²) in [4.78, 5) is 27.0. The SMILES string of the molecule is CC(C)C[C@@H](NC(=O)[C@H](COC(F)F)NC(=O)[C@@H]1CCN1c1ccc(F)cc1)B(O)O. The van der Waals surface area contributed by atoms with Crippen LogP contribution in [0, 0.1) is 11.7 Å². The number of benzene rings is 1. The van der Waals surface area contributed by atoms with E-state index in [9.17, 15) is 32.8 Å². The van der Waals surface area contributed by atoms with E-state index in [1.54, 1.807) is 18.7 Å². The van der Waals surface area contributed by atoms with Crippen LogP contribution in [-0.4, -0.2) is 66.8 Å². The summed E-state index contributed by atoms with van der Waals surface area (Å²) in [5, 5.41) is 23.7. The highest BCUT2D eigenvalue weighted by Crippen LogP contribution is 2.26. The Balaban J connectivity index is 2.05. The minimum absolute atomic E-state index is 0.0108. The Kier molecular flexibility index (Phi) is 9.14. The van der Waals surface area contributed by atoms with Gasteiger partial charge in [0, 0.05) is 12.2 Å². The molecule has 3 atom stereocenters. The molecule has 2 amide bonds. The van der Waals surface area contributed by atoms with E-state index in [0.29, 0.717) is 18.7 Å². The zero-order chi connectivity index (χ0) is 23.1. The van der Waals surface area contributed by atoms with Crippen LogP contribution in [0.15, 0.2) is 24.3 Å². The molecule has 1 aliphatic rings. The number of carbonyl (C=O) groups excluding carboxylic acids is 2. The second-order valence-electron chi connectivity index (χ2n) is 7.79. The highest BCUT2D eigenvalue weighted by molar-refractivity contribution is 6.43. The number of hydrogen-bond donors (Lipinski definition) is 4. The van der Waals surface area contributed by atoms with Crippen LogP contribution in [-0.2, 0) is 14.3 Å². The zero-order valence-electron chi connectivity index (χ0n) is 17.3. The van der Waals surface area contributed by atoms with E-state index in [-0.39, 0.29) is 12.3 Å². The van der Waals surface area contributed by atoms with E-state index < -0.39 is 56.0 Å². The molecule has 0 aliphatic carbocycles. The van der Waals surface area contributed by atoms with Gasteiger partial charge in [-0.3, -0.25) is 9.59 Å². The van der Waals surface area contributed by atoms with Crippen molar-refractivity contribution < 1.29 is 37.5 Å². The van der Waals surface area contributed by atoms with Crippen molar-refractivity contribution in [3.63, 3.8) is 0 Å². The number of hydrogen-bond acceptors (Lipinski definition) is 6. The number of amides is 2. The maximum absolute atomic E-state index is 13.1. The number of nitrogens with zero attached hydrogens (tertiary/aromatic N) is 1. The molecule has 0 spiro atoms. The Labute approximate surface area is 178 Å². The van der Waals surface area contributed by atoms with Gasteiger partial charge in [0.1, 0.15) is 17.9 Å².